The summed E-state index contributed by atoms with van der Waals surface area (Å²) in [6.07, 6.45) is 2.94. The van der Waals surface area contributed by atoms with E-state index in [1.807, 2.05) is 6.92 Å². The Morgan fingerprint density at radius 1 is 1.09 bits per heavy atom. The average molecular weight is 482 g/mol. The van der Waals surface area contributed by atoms with E-state index in [1.165, 1.54) is 12.1 Å². The van der Waals surface area contributed by atoms with Gasteiger partial charge in [-0.25, -0.2) is 12.6 Å². The van der Waals surface area contributed by atoms with Crippen LogP contribution in [0.5, 0.6) is 0 Å². The number of anilines is 2. The maximum absolute atomic E-state index is 13.0. The lowest BCUT2D eigenvalue weighted by Crippen LogP contribution is -2.23. The normalized spacial score (nSPS) is 12.1. The van der Waals surface area contributed by atoms with Crippen molar-refractivity contribution in [1.82, 2.24) is 0 Å². The molecule has 12 heteroatoms. The van der Waals surface area contributed by atoms with Gasteiger partial charge in [-0.05, 0) is 24.6 Å². The van der Waals surface area contributed by atoms with E-state index in [9.17, 15) is 32.3 Å². The van der Waals surface area contributed by atoms with Gasteiger partial charge in [0.1, 0.15) is 5.69 Å². The first-order chi connectivity index (χ1) is 15.0. The minimum absolute atomic E-state index is 0.0158. The number of unbranched alkanes of at least 4 members (excludes halogenated alkanes) is 2. The fourth-order valence-electron chi connectivity index (χ4n) is 2.77. The lowest BCUT2D eigenvalue weighted by atomic mass is 10.1. The Kier molecular flexibility index (Phi) is 8.61. The van der Waals surface area contributed by atoms with Crippen LogP contribution in [-0.4, -0.2) is 35.5 Å². The van der Waals surface area contributed by atoms with Gasteiger partial charge in [-0.3, -0.25) is 24.4 Å². The number of carbonyl (C=O) groups is 2. The summed E-state index contributed by atoms with van der Waals surface area (Å²) < 4.78 is 38.9. The first-order valence-corrected chi connectivity index (χ1v) is 12.7. The SMILES string of the molecule is CCCCCC(=O)C(=O)Nc1cc(NS(C)(=O)=O)c(S(=O)c2ccccc2)cc1[N+](=O)[O-]. The van der Waals surface area contributed by atoms with Crippen LogP contribution in [0.15, 0.2) is 52.3 Å². The molecule has 2 aromatic carbocycles. The first-order valence-electron chi connectivity index (χ1n) is 9.64. The van der Waals surface area contributed by atoms with Crippen molar-refractivity contribution in [2.75, 3.05) is 16.3 Å². The van der Waals surface area contributed by atoms with Gasteiger partial charge in [-0.15, -0.1) is 0 Å². The average Bonchev–Trinajstić information content (AvgIpc) is 2.72. The van der Waals surface area contributed by atoms with Crippen LogP contribution in [0.2, 0.25) is 0 Å². The fraction of sp³-hybridized carbons (Fsp3) is 0.300. The Morgan fingerprint density at radius 2 is 1.75 bits per heavy atom. The molecule has 0 aliphatic rings. The van der Waals surface area contributed by atoms with E-state index in [0.29, 0.717) is 11.3 Å². The lowest BCUT2D eigenvalue weighted by molar-refractivity contribution is -0.384. The van der Waals surface area contributed by atoms with Crippen molar-refractivity contribution >= 4 is 49.6 Å². The fourth-order valence-corrected chi connectivity index (χ4v) is 4.58. The quantitative estimate of drug-likeness (QED) is 0.216. The number of sulfonamides is 1. The number of nitro benzene ring substituents is 1. The van der Waals surface area contributed by atoms with E-state index < -0.39 is 43.1 Å². The van der Waals surface area contributed by atoms with Gasteiger partial charge in [0.15, 0.2) is 0 Å². The Hall–Kier alpha value is -3.12. The molecule has 1 amide bonds. The van der Waals surface area contributed by atoms with Crippen molar-refractivity contribution in [3.8, 4) is 0 Å². The Balaban J connectivity index is 2.52. The van der Waals surface area contributed by atoms with E-state index in [4.69, 9.17) is 0 Å². The summed E-state index contributed by atoms with van der Waals surface area (Å²) in [4.78, 5) is 35.2. The molecule has 0 fully saturated rings. The highest BCUT2D eigenvalue weighted by molar-refractivity contribution is 7.92. The second-order valence-electron chi connectivity index (χ2n) is 6.91. The van der Waals surface area contributed by atoms with Crippen LogP contribution >= 0.6 is 0 Å². The van der Waals surface area contributed by atoms with Gasteiger partial charge in [0, 0.05) is 17.4 Å². The Bertz CT molecular complexity index is 1150. The summed E-state index contributed by atoms with van der Waals surface area (Å²) in [6.45, 7) is 1.94. The maximum Gasteiger partial charge on any atom is 0.294 e. The molecule has 172 valence electrons. The highest BCUT2D eigenvalue weighted by atomic mass is 32.2. The molecule has 1 atom stereocenters. The molecule has 32 heavy (non-hydrogen) atoms. The van der Waals surface area contributed by atoms with Crippen LogP contribution in [-0.2, 0) is 30.4 Å². The van der Waals surface area contributed by atoms with Gasteiger partial charge < -0.3 is 5.32 Å². The molecule has 2 rings (SSSR count). The number of rotatable bonds is 11. The van der Waals surface area contributed by atoms with Crippen LogP contribution in [0.1, 0.15) is 32.6 Å². The molecule has 2 aromatic rings. The van der Waals surface area contributed by atoms with Crippen molar-refractivity contribution in [2.45, 2.75) is 42.4 Å². The zero-order chi connectivity index (χ0) is 23.9. The van der Waals surface area contributed by atoms with Crippen LogP contribution in [0.4, 0.5) is 17.1 Å². The smallest absolute Gasteiger partial charge is 0.294 e. The number of amides is 1. The van der Waals surface area contributed by atoms with Crippen LogP contribution in [0, 0.1) is 10.1 Å². The molecule has 0 heterocycles. The van der Waals surface area contributed by atoms with Crippen LogP contribution in [0.25, 0.3) is 0 Å². The van der Waals surface area contributed by atoms with Crippen molar-refractivity contribution < 1.29 is 27.1 Å². The van der Waals surface area contributed by atoms with Crippen molar-refractivity contribution in [2.24, 2.45) is 0 Å². The van der Waals surface area contributed by atoms with Crippen LogP contribution < -0.4 is 10.0 Å². The zero-order valence-electron chi connectivity index (χ0n) is 17.5. The summed E-state index contributed by atoms with van der Waals surface area (Å²) in [6, 6.07) is 9.89. The molecule has 0 aliphatic heterocycles. The topological polar surface area (TPSA) is 153 Å². The summed E-state index contributed by atoms with van der Waals surface area (Å²) >= 11 is 0. The largest absolute Gasteiger partial charge is 0.314 e. The number of nitrogens with zero attached hydrogens (tertiary/aromatic N) is 1. The summed E-state index contributed by atoms with van der Waals surface area (Å²) in [7, 11) is -5.82. The third-order valence-corrected chi connectivity index (χ3v) is 6.28. The standard InChI is InChI=1S/C20H23N3O7S2/c1-3-4-6-11-18(24)20(25)21-15-12-16(22-32(2,29)30)19(13-17(15)23(26)27)31(28)14-9-7-5-8-10-14/h5,7-10,12-13,22H,3-4,6,11H2,1-2H3,(H,21,25). The number of Topliss-reactive ketones (excluding diaryl/α,β-unsaturated/α-hetero) is 1. The summed E-state index contributed by atoms with van der Waals surface area (Å²) in [5.41, 5.74) is -1.23. The van der Waals surface area contributed by atoms with Crippen molar-refractivity contribution in [3.05, 3.63) is 52.6 Å². The predicted octanol–water partition coefficient (Wildman–Crippen LogP) is 3.22. The molecule has 0 bridgehead atoms. The van der Waals surface area contributed by atoms with E-state index >= 15 is 0 Å². The van der Waals surface area contributed by atoms with Gasteiger partial charge in [0.2, 0.25) is 15.8 Å². The lowest BCUT2D eigenvalue weighted by Gasteiger charge is -2.14. The van der Waals surface area contributed by atoms with Gasteiger partial charge >= 0.3 is 0 Å². The highest BCUT2D eigenvalue weighted by Crippen LogP contribution is 2.35. The molecule has 10 nitrogen and oxygen atoms in total. The third kappa shape index (κ3) is 6.95. The van der Waals surface area contributed by atoms with E-state index in [1.54, 1.807) is 18.2 Å². The van der Waals surface area contributed by atoms with Gasteiger partial charge in [-0.1, -0.05) is 38.0 Å². The summed E-state index contributed by atoms with van der Waals surface area (Å²) in [5.74, 6) is -1.80. The second kappa shape index (κ2) is 11.0. The molecule has 0 aromatic heterocycles. The maximum atomic E-state index is 13.0. The molecular weight excluding hydrogens is 458 g/mol. The molecular formula is C20H23N3O7S2. The number of hydrogen-bond acceptors (Lipinski definition) is 7. The number of hydrogen-bond donors (Lipinski definition) is 2. The van der Waals surface area contributed by atoms with Gasteiger partial charge in [0.25, 0.3) is 11.6 Å². The predicted molar refractivity (Wildman–Crippen MR) is 120 cm³/mol. The van der Waals surface area contributed by atoms with E-state index in [-0.39, 0.29) is 22.7 Å². The molecule has 0 saturated heterocycles. The minimum Gasteiger partial charge on any atom is -0.314 e. The minimum atomic E-state index is -3.86. The third-order valence-electron chi connectivity index (χ3n) is 4.26. The molecule has 1 unspecified atom stereocenters. The van der Waals surface area contributed by atoms with E-state index in [0.717, 1.165) is 31.2 Å². The number of benzene rings is 2. The number of ketones is 1. The first kappa shape index (κ1) is 25.1. The molecule has 0 spiro atoms. The molecule has 0 radical (unpaired) electrons. The number of nitro groups is 1. The number of carbonyl (C=O) groups excluding carboxylic acids is 2. The highest BCUT2D eigenvalue weighted by Gasteiger charge is 2.26. The van der Waals surface area contributed by atoms with Gasteiger partial charge in [0.05, 0.1) is 32.6 Å². The Morgan fingerprint density at radius 3 is 2.31 bits per heavy atom. The molecule has 0 aliphatic carbocycles. The van der Waals surface area contributed by atoms with Crippen LogP contribution in [0.3, 0.4) is 0 Å². The second-order valence-corrected chi connectivity index (χ2v) is 10.1. The van der Waals surface area contributed by atoms with Gasteiger partial charge in [-0.2, -0.15) is 0 Å². The number of nitrogens with one attached hydrogen (secondary N) is 2. The molecule has 0 saturated carbocycles. The van der Waals surface area contributed by atoms with E-state index in [2.05, 4.69) is 10.0 Å². The van der Waals surface area contributed by atoms with Crippen molar-refractivity contribution in [1.29, 1.82) is 0 Å². The Labute approximate surface area is 188 Å². The monoisotopic (exact) mass is 481 g/mol. The van der Waals surface area contributed by atoms with Crippen molar-refractivity contribution in [3.63, 3.8) is 0 Å². The zero-order valence-corrected chi connectivity index (χ0v) is 19.1. The molecule has 2 N–H and O–H groups in total. The summed E-state index contributed by atoms with van der Waals surface area (Å²) in [5, 5.41) is 13.8.